The highest BCUT2D eigenvalue weighted by Gasteiger charge is 2.16. The average Bonchev–Trinajstić information content (AvgIpc) is 3.12. The van der Waals surface area contributed by atoms with Gasteiger partial charge in [-0.25, -0.2) is 8.42 Å². The number of aromatic nitrogens is 1. The molecular formula is C21H30N2O3S. The summed E-state index contributed by atoms with van der Waals surface area (Å²) in [7, 11) is -1.71. The zero-order valence-corrected chi connectivity index (χ0v) is 17.3. The minimum Gasteiger partial charge on any atom is -0.496 e. The van der Waals surface area contributed by atoms with Crippen molar-refractivity contribution < 1.29 is 13.2 Å². The number of hydrogen-bond acceptors (Lipinski definition) is 4. The standard InChI is InChI=1S/C21H30N2O3S/c1-4-6-7-8-9-16(22)14-17-10-12-20(23-17)19-15-18(27(24,25)5-2)11-13-21(19)26-3/h10-13,15,22-23H,4-9,14H2,1-3H3. The second-order valence-electron chi connectivity index (χ2n) is 6.75. The van der Waals surface area contributed by atoms with Crippen molar-refractivity contribution in [1.29, 1.82) is 5.41 Å². The number of sulfone groups is 1. The summed E-state index contributed by atoms with van der Waals surface area (Å²) in [5.74, 6) is 0.678. The number of hydrogen-bond donors (Lipinski definition) is 2. The molecule has 0 spiro atoms. The molecule has 0 radical (unpaired) electrons. The quantitative estimate of drug-likeness (QED) is 0.417. The van der Waals surface area contributed by atoms with Crippen molar-refractivity contribution >= 4 is 15.5 Å². The van der Waals surface area contributed by atoms with Crippen LogP contribution in [0.15, 0.2) is 35.2 Å². The predicted octanol–water partition coefficient (Wildman–Crippen LogP) is 5.02. The second kappa shape index (κ2) is 9.74. The zero-order valence-electron chi connectivity index (χ0n) is 16.5. The summed E-state index contributed by atoms with van der Waals surface area (Å²) in [5.41, 5.74) is 3.19. The van der Waals surface area contributed by atoms with Crippen molar-refractivity contribution in [3.63, 3.8) is 0 Å². The summed E-state index contributed by atoms with van der Waals surface area (Å²) in [5, 5.41) is 8.17. The van der Waals surface area contributed by atoms with Gasteiger partial charge in [0.15, 0.2) is 9.84 Å². The smallest absolute Gasteiger partial charge is 0.178 e. The van der Waals surface area contributed by atoms with Gasteiger partial charge in [-0.05, 0) is 43.2 Å². The highest BCUT2D eigenvalue weighted by Crippen LogP contribution is 2.32. The van der Waals surface area contributed by atoms with E-state index in [-0.39, 0.29) is 5.75 Å². The molecule has 5 nitrogen and oxygen atoms in total. The summed E-state index contributed by atoms with van der Waals surface area (Å²) < 4.78 is 29.8. The van der Waals surface area contributed by atoms with Gasteiger partial charge in [-0.1, -0.05) is 33.1 Å². The van der Waals surface area contributed by atoms with Gasteiger partial charge in [-0.15, -0.1) is 0 Å². The van der Waals surface area contributed by atoms with Crippen LogP contribution in [0.25, 0.3) is 11.3 Å². The molecule has 0 amide bonds. The molecule has 0 atom stereocenters. The van der Waals surface area contributed by atoms with Gasteiger partial charge in [0.25, 0.3) is 0 Å². The molecule has 6 heteroatoms. The first-order valence-corrected chi connectivity index (χ1v) is 11.2. The van der Waals surface area contributed by atoms with Crippen LogP contribution in [0, 0.1) is 5.41 Å². The largest absolute Gasteiger partial charge is 0.496 e. The third-order valence-electron chi connectivity index (χ3n) is 4.68. The number of aromatic amines is 1. The van der Waals surface area contributed by atoms with Crippen molar-refractivity contribution in [3.8, 4) is 17.0 Å². The lowest BCUT2D eigenvalue weighted by molar-refractivity contribution is 0.416. The molecule has 0 aliphatic heterocycles. The molecule has 0 aliphatic carbocycles. The molecule has 1 aromatic carbocycles. The van der Waals surface area contributed by atoms with Crippen LogP contribution < -0.4 is 4.74 Å². The summed E-state index contributed by atoms with van der Waals surface area (Å²) in [6, 6.07) is 8.80. The van der Waals surface area contributed by atoms with Crippen molar-refractivity contribution in [1.82, 2.24) is 4.98 Å². The van der Waals surface area contributed by atoms with Crippen molar-refractivity contribution in [2.75, 3.05) is 12.9 Å². The second-order valence-corrected chi connectivity index (χ2v) is 9.03. The predicted molar refractivity (Wildman–Crippen MR) is 111 cm³/mol. The Morgan fingerprint density at radius 1 is 1.11 bits per heavy atom. The molecule has 0 bridgehead atoms. The molecule has 0 fully saturated rings. The summed E-state index contributed by atoms with van der Waals surface area (Å²) in [6.45, 7) is 3.82. The Hall–Kier alpha value is -2.08. The van der Waals surface area contributed by atoms with Crippen molar-refractivity contribution in [3.05, 3.63) is 36.0 Å². The van der Waals surface area contributed by atoms with E-state index in [0.29, 0.717) is 28.3 Å². The van der Waals surface area contributed by atoms with E-state index in [1.807, 2.05) is 12.1 Å². The Kier molecular flexibility index (Phi) is 7.66. The summed E-state index contributed by atoms with van der Waals surface area (Å²) >= 11 is 0. The molecule has 0 unspecified atom stereocenters. The van der Waals surface area contributed by atoms with Crippen LogP contribution in [0.5, 0.6) is 5.75 Å². The fourth-order valence-corrected chi connectivity index (χ4v) is 3.95. The Bertz CT molecular complexity index is 869. The lowest BCUT2D eigenvalue weighted by Crippen LogP contribution is -2.04. The maximum absolute atomic E-state index is 12.2. The van der Waals surface area contributed by atoms with Crippen LogP contribution in [0.2, 0.25) is 0 Å². The lowest BCUT2D eigenvalue weighted by atomic mass is 10.1. The number of H-pyrrole nitrogens is 1. The molecule has 2 aromatic rings. The summed E-state index contributed by atoms with van der Waals surface area (Å²) in [6.07, 6.45) is 6.05. The number of benzene rings is 1. The maximum atomic E-state index is 12.2. The fraction of sp³-hybridized carbons (Fsp3) is 0.476. The van der Waals surface area contributed by atoms with Gasteiger partial charge in [-0.2, -0.15) is 0 Å². The highest BCUT2D eigenvalue weighted by atomic mass is 32.2. The van der Waals surface area contributed by atoms with Gasteiger partial charge in [0.2, 0.25) is 0 Å². The van der Waals surface area contributed by atoms with Gasteiger partial charge >= 0.3 is 0 Å². The van der Waals surface area contributed by atoms with Crippen LogP contribution in [0.4, 0.5) is 0 Å². The minimum atomic E-state index is -3.28. The van der Waals surface area contributed by atoms with E-state index in [0.717, 1.165) is 24.2 Å². The van der Waals surface area contributed by atoms with E-state index in [2.05, 4.69) is 11.9 Å². The van der Waals surface area contributed by atoms with Crippen LogP contribution in [0.3, 0.4) is 0 Å². The molecule has 2 N–H and O–H groups in total. The molecular weight excluding hydrogens is 360 g/mol. The molecule has 1 heterocycles. The number of methoxy groups -OCH3 is 1. The average molecular weight is 391 g/mol. The Morgan fingerprint density at radius 3 is 2.56 bits per heavy atom. The van der Waals surface area contributed by atoms with Gasteiger partial charge < -0.3 is 15.1 Å². The number of unbranched alkanes of at least 4 members (excludes halogenated alkanes) is 3. The number of nitrogens with one attached hydrogen (secondary N) is 2. The van der Waals surface area contributed by atoms with E-state index in [9.17, 15) is 8.42 Å². The van der Waals surface area contributed by atoms with Crippen LogP contribution in [0.1, 0.15) is 51.6 Å². The van der Waals surface area contributed by atoms with Gasteiger partial charge in [0.05, 0.1) is 17.8 Å². The van der Waals surface area contributed by atoms with E-state index >= 15 is 0 Å². The molecule has 27 heavy (non-hydrogen) atoms. The number of ether oxygens (including phenoxy) is 1. The normalized spacial score (nSPS) is 11.5. The molecule has 0 aliphatic rings. The third-order valence-corrected chi connectivity index (χ3v) is 6.41. The third kappa shape index (κ3) is 5.70. The van der Waals surface area contributed by atoms with Crippen molar-refractivity contribution in [2.45, 2.75) is 57.3 Å². The molecule has 0 saturated carbocycles. The zero-order chi connectivity index (χ0) is 19.9. The van der Waals surface area contributed by atoms with Crippen LogP contribution in [-0.2, 0) is 16.3 Å². The fourth-order valence-electron chi connectivity index (χ4n) is 3.04. The summed E-state index contributed by atoms with van der Waals surface area (Å²) in [4.78, 5) is 3.61. The van der Waals surface area contributed by atoms with E-state index in [1.54, 1.807) is 32.2 Å². The van der Waals surface area contributed by atoms with Gasteiger partial charge in [0.1, 0.15) is 5.75 Å². The SMILES string of the molecule is CCCCCCC(=N)Cc1ccc(-c2cc(S(=O)(=O)CC)ccc2OC)[nH]1. The topological polar surface area (TPSA) is 83.0 Å². The Labute approximate surface area is 162 Å². The molecule has 0 saturated heterocycles. The van der Waals surface area contributed by atoms with Gasteiger partial charge in [-0.3, -0.25) is 0 Å². The molecule has 2 rings (SSSR count). The Balaban J connectivity index is 2.17. The van der Waals surface area contributed by atoms with E-state index in [4.69, 9.17) is 10.1 Å². The van der Waals surface area contributed by atoms with Crippen LogP contribution >= 0.6 is 0 Å². The first kappa shape index (κ1) is 21.2. The monoisotopic (exact) mass is 390 g/mol. The van der Waals surface area contributed by atoms with Crippen LogP contribution in [-0.4, -0.2) is 32.0 Å². The van der Waals surface area contributed by atoms with Gasteiger partial charge in [0, 0.05) is 29.1 Å². The Morgan fingerprint density at radius 2 is 1.89 bits per heavy atom. The minimum absolute atomic E-state index is 0.0595. The van der Waals surface area contributed by atoms with E-state index in [1.165, 1.54) is 19.3 Å². The highest BCUT2D eigenvalue weighted by molar-refractivity contribution is 7.91. The number of rotatable bonds is 11. The molecule has 1 aromatic heterocycles. The first-order valence-electron chi connectivity index (χ1n) is 9.56. The first-order chi connectivity index (χ1) is 12.9. The van der Waals surface area contributed by atoms with Crippen molar-refractivity contribution in [2.24, 2.45) is 0 Å². The maximum Gasteiger partial charge on any atom is 0.178 e. The van der Waals surface area contributed by atoms with E-state index < -0.39 is 9.84 Å². The molecule has 148 valence electrons. The lowest BCUT2D eigenvalue weighted by Gasteiger charge is -2.10.